The van der Waals surface area contributed by atoms with Crippen molar-refractivity contribution < 1.29 is 25.8 Å². The first-order valence-corrected chi connectivity index (χ1v) is 25.1. The summed E-state index contributed by atoms with van der Waals surface area (Å²) in [5.41, 5.74) is 14.4. The summed E-state index contributed by atoms with van der Waals surface area (Å²) in [4.78, 5) is 9.63. The maximum Gasteiger partial charge on any atom is 0.135 e. The van der Waals surface area contributed by atoms with Gasteiger partial charge in [0.15, 0.2) is 0 Å². The van der Waals surface area contributed by atoms with Gasteiger partial charge in [0.25, 0.3) is 0 Å². The summed E-state index contributed by atoms with van der Waals surface area (Å²) in [6, 6.07) is 64.5. The molecule has 1 aliphatic heterocycles. The molecule has 0 N–H and O–H groups in total. The van der Waals surface area contributed by atoms with E-state index in [0.29, 0.717) is 11.5 Å². The zero-order valence-electron chi connectivity index (χ0n) is 44.2. The largest absolute Gasteiger partial charge is 0.509 e. The molecule has 0 spiro atoms. The molecule has 0 saturated carbocycles. The zero-order chi connectivity index (χ0) is 50.3. The van der Waals surface area contributed by atoms with Crippen molar-refractivity contribution >= 4 is 44.6 Å². The van der Waals surface area contributed by atoms with Gasteiger partial charge in [0.1, 0.15) is 5.82 Å². The maximum absolute atomic E-state index is 6.81. The van der Waals surface area contributed by atoms with Crippen LogP contribution in [0.2, 0.25) is 0 Å². The molecule has 6 heteroatoms. The molecule has 0 atom stereocenters. The van der Waals surface area contributed by atoms with E-state index in [1.165, 1.54) is 38.9 Å². The molecule has 2 aromatic heterocycles. The summed E-state index contributed by atoms with van der Waals surface area (Å²) < 4.78 is 9.06. The van der Waals surface area contributed by atoms with Crippen LogP contribution in [0.15, 0.2) is 164 Å². The van der Waals surface area contributed by atoms with Crippen molar-refractivity contribution in [2.45, 2.75) is 117 Å². The Hall–Kier alpha value is -6.42. The van der Waals surface area contributed by atoms with E-state index in [4.69, 9.17) is 9.72 Å². The maximum atomic E-state index is 6.81. The van der Waals surface area contributed by atoms with Crippen LogP contribution in [0, 0.1) is 18.8 Å². The molecule has 0 unspecified atom stereocenters. The van der Waals surface area contributed by atoms with Gasteiger partial charge in [-0.1, -0.05) is 180 Å². The van der Waals surface area contributed by atoms with Gasteiger partial charge in [-0.2, -0.15) is 12.1 Å². The number of benzene rings is 7. The summed E-state index contributed by atoms with van der Waals surface area (Å²) in [5, 5.41) is 2.25. The fourth-order valence-electron chi connectivity index (χ4n) is 9.98. The predicted octanol–water partition coefficient (Wildman–Crippen LogP) is 17.5. The van der Waals surface area contributed by atoms with Crippen LogP contribution in [0.4, 0.5) is 22.7 Å². The van der Waals surface area contributed by atoms with Crippen LogP contribution in [-0.2, 0) is 48.1 Å². The third-order valence-corrected chi connectivity index (χ3v) is 14.8. The van der Waals surface area contributed by atoms with E-state index in [1.54, 1.807) is 0 Å². The van der Waals surface area contributed by atoms with Crippen LogP contribution in [0.1, 0.15) is 129 Å². The molecule has 370 valence electrons. The number of nitrogens with zero attached hydrogens (tertiary/aromatic N) is 4. The molecule has 0 saturated heterocycles. The van der Waals surface area contributed by atoms with Gasteiger partial charge in [0.05, 0.1) is 0 Å². The molecule has 5 nitrogen and oxygen atoms in total. The number of hydrogen-bond donors (Lipinski definition) is 0. The van der Waals surface area contributed by atoms with E-state index in [2.05, 4.69) is 269 Å². The minimum Gasteiger partial charge on any atom is -0.509 e. The van der Waals surface area contributed by atoms with Gasteiger partial charge in [-0.25, -0.2) is 4.98 Å². The SMILES string of the molecule is CC(C)(C)c1cc(N2[CH-]N(c3[c-]c(Oc4[c-]c5c(cc4)c4cc(C(C)(C)C)ccc4n5-c4cc(C(C)(C)c5ccccc5)ccn4)ccc3)c3cc(C(C)(C)C)ccc32)cc(C(C)(C)c2ccccc2)c1.[Pt]. The fraction of sp³-hybridized carbons (Fsp3) is 0.273. The van der Waals surface area contributed by atoms with E-state index in [0.717, 1.165) is 50.4 Å². The van der Waals surface area contributed by atoms with E-state index < -0.39 is 0 Å². The number of rotatable bonds is 9. The Bertz CT molecular complexity index is 3440. The minimum absolute atomic E-state index is 0. The normalized spacial score (nSPS) is 13.4. The zero-order valence-corrected chi connectivity index (χ0v) is 46.5. The second-order valence-electron chi connectivity index (χ2n) is 23.6. The van der Waals surface area contributed by atoms with Crippen LogP contribution >= 0.6 is 0 Å². The van der Waals surface area contributed by atoms with Crippen molar-refractivity contribution in [1.29, 1.82) is 0 Å². The van der Waals surface area contributed by atoms with E-state index in [-0.39, 0.29) is 48.1 Å². The third kappa shape index (κ3) is 9.42. The molecular weight excluding hydrogens is 1060 g/mol. The van der Waals surface area contributed by atoms with Crippen molar-refractivity contribution in [3.05, 3.63) is 222 Å². The molecule has 0 bridgehead atoms. The Morgan fingerprint density at radius 3 is 1.69 bits per heavy atom. The van der Waals surface area contributed by atoms with Crippen LogP contribution < -0.4 is 14.5 Å². The van der Waals surface area contributed by atoms with E-state index in [9.17, 15) is 0 Å². The first kappa shape index (κ1) is 50.5. The van der Waals surface area contributed by atoms with E-state index >= 15 is 0 Å². The molecule has 72 heavy (non-hydrogen) atoms. The summed E-state index contributed by atoms with van der Waals surface area (Å²) in [6.07, 6.45) is 1.93. The van der Waals surface area contributed by atoms with E-state index in [1.807, 2.05) is 18.3 Å². The Morgan fingerprint density at radius 1 is 0.444 bits per heavy atom. The molecule has 9 aromatic rings. The summed E-state index contributed by atoms with van der Waals surface area (Å²) >= 11 is 0. The molecule has 3 heterocycles. The molecule has 0 fully saturated rings. The Balaban J connectivity index is 0.00000640. The topological polar surface area (TPSA) is 33.5 Å². The smallest absolute Gasteiger partial charge is 0.135 e. The van der Waals surface area contributed by atoms with Crippen LogP contribution in [0.3, 0.4) is 0 Å². The van der Waals surface area contributed by atoms with Crippen LogP contribution in [0.25, 0.3) is 27.6 Å². The minimum atomic E-state index is -0.243. The quantitative estimate of drug-likeness (QED) is 0.135. The number of ether oxygens (including phenoxy) is 1. The molecule has 7 aromatic carbocycles. The first-order chi connectivity index (χ1) is 33.6. The van der Waals surface area contributed by atoms with Gasteiger partial charge >= 0.3 is 0 Å². The monoisotopic (exact) mass is 1130 g/mol. The van der Waals surface area contributed by atoms with Gasteiger partial charge in [-0.15, -0.1) is 48.1 Å². The molecular formula is C66H67N4OPt-3. The number of aromatic nitrogens is 2. The van der Waals surface area contributed by atoms with Gasteiger partial charge < -0.3 is 19.1 Å². The number of anilines is 4. The van der Waals surface area contributed by atoms with Crippen LogP contribution in [0.5, 0.6) is 11.5 Å². The summed E-state index contributed by atoms with van der Waals surface area (Å²) in [5.74, 6) is 2.03. The molecule has 0 radical (unpaired) electrons. The average Bonchev–Trinajstić information content (AvgIpc) is 3.89. The average molecular weight is 1130 g/mol. The van der Waals surface area contributed by atoms with Crippen molar-refractivity contribution in [3.63, 3.8) is 0 Å². The van der Waals surface area contributed by atoms with Crippen molar-refractivity contribution in [2.75, 3.05) is 9.80 Å². The second-order valence-corrected chi connectivity index (χ2v) is 23.6. The third-order valence-electron chi connectivity index (χ3n) is 14.8. The predicted molar refractivity (Wildman–Crippen MR) is 297 cm³/mol. The second kappa shape index (κ2) is 18.6. The first-order valence-electron chi connectivity index (χ1n) is 25.1. The molecule has 1 aliphatic rings. The van der Waals surface area contributed by atoms with Gasteiger partial charge in [0, 0.05) is 72.2 Å². The Morgan fingerprint density at radius 2 is 1.04 bits per heavy atom. The summed E-state index contributed by atoms with van der Waals surface area (Å²) in [6.45, 7) is 31.9. The van der Waals surface area contributed by atoms with Gasteiger partial charge in [0.2, 0.25) is 0 Å². The Labute approximate surface area is 443 Å². The Kier molecular flexibility index (Phi) is 13.0. The molecule has 10 rings (SSSR count). The van der Waals surface area contributed by atoms with Gasteiger partial charge in [-0.3, -0.25) is 0 Å². The number of hydrogen-bond acceptors (Lipinski definition) is 4. The van der Waals surface area contributed by atoms with Gasteiger partial charge in [-0.05, 0) is 103 Å². The van der Waals surface area contributed by atoms with Crippen LogP contribution in [-0.4, -0.2) is 9.55 Å². The fourth-order valence-corrected chi connectivity index (χ4v) is 9.98. The van der Waals surface area contributed by atoms with Crippen molar-refractivity contribution in [3.8, 4) is 17.3 Å². The van der Waals surface area contributed by atoms with Crippen molar-refractivity contribution in [1.82, 2.24) is 9.55 Å². The molecule has 0 amide bonds. The number of fused-ring (bicyclic) bond motifs is 4. The molecule has 0 aliphatic carbocycles. The summed E-state index contributed by atoms with van der Waals surface area (Å²) in [7, 11) is 0. The van der Waals surface area contributed by atoms with Crippen molar-refractivity contribution in [2.24, 2.45) is 0 Å². The number of pyridine rings is 1. The standard InChI is InChI=1S/C66H67N4O.Pt/c1-62(2,3)46-27-31-57-56(38-46)55-30-29-54(42-59(55)70(57)61-40-48(33-34-67-61)65(10,11)44-21-16-14-17-22-44)71-53-26-20-25-51(41-53)68-43-69(58-32-28-47(39-60(58)68)63(4,5)6)52-36-49(64(7,8)9)35-50(37-52)66(12,13)45-23-18-15-19-24-45;/h14-40,43H,1-13H3;/q-3;.